The Morgan fingerprint density at radius 3 is 2.74 bits per heavy atom. The SMILES string of the molecule is CCN(Cc1ccc(F)c(F)c1)C(=O)n1ccnc1. The highest BCUT2D eigenvalue weighted by atomic mass is 19.2. The minimum Gasteiger partial charge on any atom is -0.320 e. The van der Waals surface area contributed by atoms with Crippen LogP contribution >= 0.6 is 0 Å². The van der Waals surface area contributed by atoms with Gasteiger partial charge in [0.25, 0.3) is 0 Å². The first-order valence-corrected chi connectivity index (χ1v) is 5.83. The molecule has 1 aromatic carbocycles. The molecule has 1 aromatic heterocycles. The highest BCUT2D eigenvalue weighted by molar-refractivity contribution is 5.76. The maximum Gasteiger partial charge on any atom is 0.329 e. The van der Waals surface area contributed by atoms with E-state index in [1.807, 2.05) is 6.92 Å². The summed E-state index contributed by atoms with van der Waals surface area (Å²) in [6.45, 7) is 2.48. The van der Waals surface area contributed by atoms with E-state index in [9.17, 15) is 13.6 Å². The van der Waals surface area contributed by atoms with Crippen molar-refractivity contribution in [2.45, 2.75) is 13.5 Å². The van der Waals surface area contributed by atoms with Gasteiger partial charge in [0.2, 0.25) is 0 Å². The van der Waals surface area contributed by atoms with Gasteiger partial charge in [0.15, 0.2) is 11.6 Å². The molecule has 0 aliphatic carbocycles. The molecule has 0 aliphatic heterocycles. The zero-order valence-electron chi connectivity index (χ0n) is 10.4. The normalized spacial score (nSPS) is 10.5. The van der Waals surface area contributed by atoms with Crippen molar-refractivity contribution in [3.05, 3.63) is 54.1 Å². The summed E-state index contributed by atoms with van der Waals surface area (Å²) in [5.41, 5.74) is 0.536. The Kier molecular flexibility index (Phi) is 3.89. The molecule has 0 saturated carbocycles. The number of hydrogen-bond donors (Lipinski definition) is 0. The molecule has 1 amide bonds. The smallest absolute Gasteiger partial charge is 0.320 e. The Morgan fingerprint density at radius 1 is 1.37 bits per heavy atom. The van der Waals surface area contributed by atoms with Gasteiger partial charge in [-0.1, -0.05) is 6.07 Å². The fourth-order valence-corrected chi connectivity index (χ4v) is 1.71. The van der Waals surface area contributed by atoms with Gasteiger partial charge in [-0.2, -0.15) is 0 Å². The van der Waals surface area contributed by atoms with E-state index in [0.29, 0.717) is 12.1 Å². The van der Waals surface area contributed by atoms with E-state index in [1.165, 1.54) is 34.3 Å². The first kappa shape index (κ1) is 13.2. The lowest BCUT2D eigenvalue weighted by atomic mass is 10.2. The minimum absolute atomic E-state index is 0.213. The van der Waals surface area contributed by atoms with Gasteiger partial charge in [0, 0.05) is 25.5 Å². The molecule has 100 valence electrons. The van der Waals surface area contributed by atoms with E-state index >= 15 is 0 Å². The Morgan fingerprint density at radius 2 is 2.16 bits per heavy atom. The molecule has 0 fully saturated rings. The fraction of sp³-hybridized carbons (Fsp3) is 0.231. The van der Waals surface area contributed by atoms with Gasteiger partial charge >= 0.3 is 6.03 Å². The summed E-state index contributed by atoms with van der Waals surface area (Å²) in [6.07, 6.45) is 4.44. The molecular formula is C13H13F2N3O. The Bertz CT molecular complexity index is 569. The van der Waals surface area contributed by atoms with Crippen molar-refractivity contribution in [3.63, 3.8) is 0 Å². The van der Waals surface area contributed by atoms with Crippen LogP contribution in [-0.4, -0.2) is 27.0 Å². The molecule has 2 aromatic rings. The summed E-state index contributed by atoms with van der Waals surface area (Å²) < 4.78 is 27.3. The van der Waals surface area contributed by atoms with Crippen LogP contribution in [0.25, 0.3) is 0 Å². The summed E-state index contributed by atoms with van der Waals surface area (Å²) in [5, 5.41) is 0. The topological polar surface area (TPSA) is 38.1 Å². The number of carbonyl (C=O) groups is 1. The average Bonchev–Trinajstić information content (AvgIpc) is 2.93. The number of imidazole rings is 1. The first-order valence-electron chi connectivity index (χ1n) is 5.83. The molecule has 0 unspecified atom stereocenters. The van der Waals surface area contributed by atoms with Crippen LogP contribution in [0.4, 0.5) is 13.6 Å². The van der Waals surface area contributed by atoms with Crippen LogP contribution < -0.4 is 0 Å². The number of benzene rings is 1. The summed E-state index contributed by atoms with van der Waals surface area (Å²) >= 11 is 0. The molecule has 2 rings (SSSR count). The number of amides is 1. The maximum atomic E-state index is 13.1. The second kappa shape index (κ2) is 5.60. The van der Waals surface area contributed by atoms with E-state index in [1.54, 1.807) is 0 Å². The molecule has 4 nitrogen and oxygen atoms in total. The van der Waals surface area contributed by atoms with E-state index in [2.05, 4.69) is 4.98 Å². The number of carbonyl (C=O) groups excluding carboxylic acids is 1. The maximum absolute atomic E-state index is 13.1. The lowest BCUT2D eigenvalue weighted by molar-refractivity contribution is 0.199. The van der Waals surface area contributed by atoms with Gasteiger partial charge in [0.1, 0.15) is 6.33 Å². The van der Waals surface area contributed by atoms with Crippen molar-refractivity contribution in [3.8, 4) is 0 Å². The molecule has 0 saturated heterocycles. The Hall–Kier alpha value is -2.24. The van der Waals surface area contributed by atoms with E-state index in [0.717, 1.165) is 12.1 Å². The molecule has 6 heteroatoms. The van der Waals surface area contributed by atoms with Crippen LogP contribution in [0.1, 0.15) is 12.5 Å². The van der Waals surface area contributed by atoms with E-state index in [4.69, 9.17) is 0 Å². The molecule has 0 atom stereocenters. The number of halogens is 2. The van der Waals surface area contributed by atoms with E-state index in [-0.39, 0.29) is 12.6 Å². The zero-order valence-corrected chi connectivity index (χ0v) is 10.4. The fourth-order valence-electron chi connectivity index (χ4n) is 1.71. The summed E-state index contributed by atoms with van der Waals surface area (Å²) in [6, 6.07) is 3.35. The summed E-state index contributed by atoms with van der Waals surface area (Å²) in [4.78, 5) is 17.4. The molecule has 19 heavy (non-hydrogen) atoms. The number of hydrogen-bond acceptors (Lipinski definition) is 2. The second-order valence-corrected chi connectivity index (χ2v) is 4.02. The predicted octanol–water partition coefficient (Wildman–Crippen LogP) is 2.65. The molecule has 0 bridgehead atoms. The van der Waals surface area contributed by atoms with Crippen LogP contribution in [0, 0.1) is 11.6 Å². The number of rotatable bonds is 3. The molecule has 0 spiro atoms. The van der Waals surface area contributed by atoms with Crippen molar-refractivity contribution < 1.29 is 13.6 Å². The quantitative estimate of drug-likeness (QED) is 0.855. The van der Waals surface area contributed by atoms with Gasteiger partial charge in [-0.3, -0.25) is 4.57 Å². The monoisotopic (exact) mass is 265 g/mol. The zero-order chi connectivity index (χ0) is 13.8. The molecule has 1 heterocycles. The molecule has 0 radical (unpaired) electrons. The molecule has 0 aliphatic rings. The highest BCUT2D eigenvalue weighted by Crippen LogP contribution is 2.11. The first-order chi connectivity index (χ1) is 9.11. The third-order valence-electron chi connectivity index (χ3n) is 2.73. The highest BCUT2D eigenvalue weighted by Gasteiger charge is 2.14. The van der Waals surface area contributed by atoms with Crippen LogP contribution in [-0.2, 0) is 6.54 Å². The van der Waals surface area contributed by atoms with Crippen molar-refractivity contribution in [2.24, 2.45) is 0 Å². The molecular weight excluding hydrogens is 252 g/mol. The number of aromatic nitrogens is 2. The minimum atomic E-state index is -0.913. The standard InChI is InChI=1S/C13H13F2N3O/c1-2-17(13(19)18-6-5-16-9-18)8-10-3-4-11(14)12(15)7-10/h3-7,9H,2,8H2,1H3. The van der Waals surface area contributed by atoms with Crippen LogP contribution in [0.5, 0.6) is 0 Å². The van der Waals surface area contributed by atoms with Crippen LogP contribution in [0.15, 0.2) is 36.9 Å². The van der Waals surface area contributed by atoms with Gasteiger partial charge < -0.3 is 4.90 Å². The van der Waals surface area contributed by atoms with Gasteiger partial charge in [-0.25, -0.2) is 18.6 Å². The van der Waals surface area contributed by atoms with Gasteiger partial charge in [0.05, 0.1) is 0 Å². The van der Waals surface area contributed by atoms with E-state index < -0.39 is 11.6 Å². The average molecular weight is 265 g/mol. The molecule has 0 N–H and O–H groups in total. The van der Waals surface area contributed by atoms with Crippen LogP contribution in [0.2, 0.25) is 0 Å². The van der Waals surface area contributed by atoms with Gasteiger partial charge in [-0.05, 0) is 24.6 Å². The van der Waals surface area contributed by atoms with Crippen LogP contribution in [0.3, 0.4) is 0 Å². The van der Waals surface area contributed by atoms with Crippen molar-refractivity contribution >= 4 is 6.03 Å². The second-order valence-electron chi connectivity index (χ2n) is 4.02. The summed E-state index contributed by atoms with van der Waals surface area (Å²) in [7, 11) is 0. The summed E-state index contributed by atoms with van der Waals surface area (Å²) in [5.74, 6) is -1.81. The third-order valence-corrected chi connectivity index (χ3v) is 2.73. The predicted molar refractivity (Wildman–Crippen MR) is 65.5 cm³/mol. The number of nitrogens with zero attached hydrogens (tertiary/aromatic N) is 3. The van der Waals surface area contributed by atoms with Crippen molar-refractivity contribution in [2.75, 3.05) is 6.54 Å². The third kappa shape index (κ3) is 2.96. The van der Waals surface area contributed by atoms with Crippen molar-refractivity contribution in [1.82, 2.24) is 14.5 Å². The largest absolute Gasteiger partial charge is 0.329 e. The lowest BCUT2D eigenvalue weighted by Crippen LogP contribution is -2.33. The Balaban J connectivity index is 2.15. The van der Waals surface area contributed by atoms with Gasteiger partial charge in [-0.15, -0.1) is 0 Å². The van der Waals surface area contributed by atoms with Crippen molar-refractivity contribution in [1.29, 1.82) is 0 Å². The lowest BCUT2D eigenvalue weighted by Gasteiger charge is -2.20. The Labute approximate surface area is 109 Å².